The molecule has 2 rings (SSSR count). The quantitative estimate of drug-likeness (QED) is 0.338. The zero-order valence-corrected chi connectivity index (χ0v) is 17.7. The Morgan fingerprint density at radius 3 is 2.70 bits per heavy atom. The molecule has 1 amide bonds. The Hall–Kier alpha value is -1.87. The van der Waals surface area contributed by atoms with Gasteiger partial charge in [-0.25, -0.2) is 0 Å². The molecule has 0 saturated carbocycles. The molecule has 0 heterocycles. The number of nitrogens with two attached hydrogens (primary N) is 1. The zero-order chi connectivity index (χ0) is 20.0. The van der Waals surface area contributed by atoms with Gasteiger partial charge in [-0.1, -0.05) is 28.1 Å². The van der Waals surface area contributed by atoms with Gasteiger partial charge < -0.3 is 26.0 Å². The summed E-state index contributed by atoms with van der Waals surface area (Å²) >= 11 is 6.56. The maximum Gasteiger partial charge on any atom is 0.248 e. The minimum Gasteiger partial charge on any atom is -0.506 e. The molecule has 0 aromatic heterocycles. The molecule has 0 radical (unpaired) electrons. The number of hydrogen-bond donors (Lipinski definition) is 4. The molecular weight excluding hydrogens is 480 g/mol. The van der Waals surface area contributed by atoms with E-state index in [2.05, 4.69) is 37.2 Å². The van der Waals surface area contributed by atoms with Crippen molar-refractivity contribution < 1.29 is 19.7 Å². The molecule has 0 unspecified atom stereocenters. The Kier molecular flexibility index (Phi) is 7.85. The molecule has 0 bridgehead atoms. The van der Waals surface area contributed by atoms with E-state index < -0.39 is 18.1 Å². The summed E-state index contributed by atoms with van der Waals surface area (Å²) in [6.45, 7) is 2.09. The average molecular weight is 500 g/mol. The average Bonchev–Trinajstić information content (AvgIpc) is 2.63. The number of benzene rings is 2. The van der Waals surface area contributed by atoms with Gasteiger partial charge in [0.25, 0.3) is 0 Å². The van der Waals surface area contributed by atoms with Gasteiger partial charge in [-0.2, -0.15) is 0 Å². The van der Waals surface area contributed by atoms with Gasteiger partial charge in [-0.05, 0) is 53.2 Å². The smallest absolute Gasteiger partial charge is 0.248 e. The third-order valence-corrected chi connectivity index (χ3v) is 4.76. The fourth-order valence-electron chi connectivity index (χ4n) is 2.40. The lowest BCUT2D eigenvalue weighted by atomic mass is 10.0. The number of nitrogens with one attached hydrogen (secondary N) is 1. The highest BCUT2D eigenvalue weighted by atomic mass is 79.9. The van der Waals surface area contributed by atoms with E-state index in [9.17, 15) is 15.0 Å². The first-order valence-electron chi connectivity index (χ1n) is 8.14. The standard InChI is InChI=1S/C19H20Br2N2O4/c1-2-27-16(19(26)12-9-11(20)10-13(21)18(12)25)7-8-17(24)23-15-6-4-3-5-14(15)22/h3-10,16,19,25-26H,2,22H2,1H3,(H,23,24)/b8-7+/t16-,19-/m0/s1. The summed E-state index contributed by atoms with van der Waals surface area (Å²) in [5.74, 6) is -0.505. The summed E-state index contributed by atoms with van der Waals surface area (Å²) in [6, 6.07) is 10.2. The number of phenols is 1. The molecule has 2 aromatic carbocycles. The Morgan fingerprint density at radius 1 is 1.33 bits per heavy atom. The molecule has 0 fully saturated rings. The van der Waals surface area contributed by atoms with Crippen molar-refractivity contribution in [1.82, 2.24) is 0 Å². The fraction of sp³-hybridized carbons (Fsp3) is 0.211. The van der Waals surface area contributed by atoms with Crippen LogP contribution in [0.1, 0.15) is 18.6 Å². The first-order valence-corrected chi connectivity index (χ1v) is 9.73. The molecule has 2 atom stereocenters. The van der Waals surface area contributed by atoms with Crippen LogP contribution < -0.4 is 11.1 Å². The Morgan fingerprint density at radius 2 is 2.04 bits per heavy atom. The number of para-hydroxylation sites is 2. The summed E-state index contributed by atoms with van der Waals surface area (Å²) in [7, 11) is 0. The minimum atomic E-state index is -1.18. The number of carbonyl (C=O) groups is 1. The third kappa shape index (κ3) is 5.80. The van der Waals surface area contributed by atoms with Crippen LogP contribution in [0.4, 0.5) is 11.4 Å². The van der Waals surface area contributed by atoms with Gasteiger partial charge >= 0.3 is 0 Å². The van der Waals surface area contributed by atoms with Crippen LogP contribution in [0, 0.1) is 0 Å². The fourth-order valence-corrected chi connectivity index (χ4v) is 3.66. The van der Waals surface area contributed by atoms with Crippen LogP contribution in [-0.2, 0) is 9.53 Å². The van der Waals surface area contributed by atoms with Crippen molar-refractivity contribution in [2.45, 2.75) is 19.1 Å². The monoisotopic (exact) mass is 498 g/mol. The van der Waals surface area contributed by atoms with Gasteiger partial charge in [0, 0.05) is 22.7 Å². The number of anilines is 2. The third-order valence-electron chi connectivity index (χ3n) is 3.70. The maximum absolute atomic E-state index is 12.2. The van der Waals surface area contributed by atoms with Crippen LogP contribution in [0.5, 0.6) is 5.75 Å². The van der Waals surface area contributed by atoms with E-state index in [0.29, 0.717) is 26.9 Å². The van der Waals surface area contributed by atoms with Crippen molar-refractivity contribution in [3.63, 3.8) is 0 Å². The number of rotatable bonds is 7. The Bertz CT molecular complexity index is 842. The van der Waals surface area contributed by atoms with Crippen LogP contribution in [-0.4, -0.2) is 28.8 Å². The Labute approximate surface area is 174 Å². The van der Waals surface area contributed by atoms with Gasteiger partial charge in [0.2, 0.25) is 5.91 Å². The van der Waals surface area contributed by atoms with E-state index in [1.54, 1.807) is 43.3 Å². The lowest BCUT2D eigenvalue weighted by Crippen LogP contribution is -2.21. The second-order valence-corrected chi connectivity index (χ2v) is 7.40. The molecule has 5 N–H and O–H groups in total. The number of ether oxygens (including phenoxy) is 1. The molecule has 6 nitrogen and oxygen atoms in total. The van der Waals surface area contributed by atoms with Crippen LogP contribution >= 0.6 is 31.9 Å². The number of aromatic hydroxyl groups is 1. The van der Waals surface area contributed by atoms with E-state index in [1.165, 1.54) is 12.2 Å². The minimum absolute atomic E-state index is 0.0923. The van der Waals surface area contributed by atoms with Crippen LogP contribution in [0.25, 0.3) is 0 Å². The summed E-state index contributed by atoms with van der Waals surface area (Å²) in [4.78, 5) is 12.2. The van der Waals surface area contributed by atoms with Gasteiger partial charge in [0.05, 0.1) is 15.8 Å². The molecule has 8 heteroatoms. The molecule has 0 saturated heterocycles. The molecule has 0 spiro atoms. The lowest BCUT2D eigenvalue weighted by Gasteiger charge is -2.21. The van der Waals surface area contributed by atoms with Crippen molar-refractivity contribution in [2.24, 2.45) is 0 Å². The Balaban J connectivity index is 2.18. The van der Waals surface area contributed by atoms with E-state index >= 15 is 0 Å². The van der Waals surface area contributed by atoms with E-state index in [-0.39, 0.29) is 11.3 Å². The van der Waals surface area contributed by atoms with Gasteiger partial charge in [0.15, 0.2) is 0 Å². The number of halogens is 2. The van der Waals surface area contributed by atoms with Gasteiger partial charge in [-0.15, -0.1) is 0 Å². The molecule has 144 valence electrons. The van der Waals surface area contributed by atoms with Crippen molar-refractivity contribution in [3.05, 3.63) is 63.1 Å². The van der Waals surface area contributed by atoms with Crippen molar-refractivity contribution in [3.8, 4) is 5.75 Å². The highest BCUT2D eigenvalue weighted by Crippen LogP contribution is 2.37. The van der Waals surface area contributed by atoms with Gasteiger partial charge in [-0.3, -0.25) is 4.79 Å². The first-order chi connectivity index (χ1) is 12.8. The number of amides is 1. The SMILES string of the molecule is CCO[C@@H](/C=C/C(=O)Nc1ccccc1N)[C@@H](O)c1cc(Br)cc(Br)c1O. The number of aliphatic hydroxyl groups is 1. The lowest BCUT2D eigenvalue weighted by molar-refractivity contribution is -0.112. The highest BCUT2D eigenvalue weighted by molar-refractivity contribution is 9.11. The molecule has 0 aliphatic rings. The number of aliphatic hydroxyl groups excluding tert-OH is 1. The topological polar surface area (TPSA) is 105 Å². The number of phenolic OH excluding ortho intramolecular Hbond substituents is 1. The normalized spacial score (nSPS) is 13.5. The van der Waals surface area contributed by atoms with Crippen LogP contribution in [0.3, 0.4) is 0 Å². The van der Waals surface area contributed by atoms with Crippen molar-refractivity contribution in [2.75, 3.05) is 17.7 Å². The zero-order valence-electron chi connectivity index (χ0n) is 14.5. The number of nitrogen functional groups attached to an aromatic ring is 1. The molecular formula is C19H20Br2N2O4. The summed E-state index contributed by atoms with van der Waals surface area (Å²) < 4.78 is 6.65. The van der Waals surface area contributed by atoms with Crippen molar-refractivity contribution in [1.29, 1.82) is 0 Å². The summed E-state index contributed by atoms with van der Waals surface area (Å²) in [5.41, 5.74) is 7.02. The van der Waals surface area contributed by atoms with Crippen molar-refractivity contribution >= 4 is 49.1 Å². The summed E-state index contributed by atoms with van der Waals surface area (Å²) in [5, 5.41) is 23.5. The van der Waals surface area contributed by atoms with Crippen LogP contribution in [0.15, 0.2) is 57.5 Å². The largest absolute Gasteiger partial charge is 0.506 e. The first kappa shape index (κ1) is 21.4. The number of carbonyl (C=O) groups excluding carboxylic acids is 1. The summed E-state index contributed by atoms with van der Waals surface area (Å²) in [6.07, 6.45) is 0.697. The predicted molar refractivity (Wildman–Crippen MR) is 113 cm³/mol. The molecule has 0 aliphatic heterocycles. The van der Waals surface area contributed by atoms with E-state index in [1.807, 2.05) is 0 Å². The van der Waals surface area contributed by atoms with E-state index in [4.69, 9.17) is 10.5 Å². The van der Waals surface area contributed by atoms with Gasteiger partial charge in [0.1, 0.15) is 18.0 Å². The molecule has 27 heavy (non-hydrogen) atoms. The highest BCUT2D eigenvalue weighted by Gasteiger charge is 2.24. The second-order valence-electron chi connectivity index (χ2n) is 5.63. The maximum atomic E-state index is 12.2. The van der Waals surface area contributed by atoms with E-state index in [0.717, 1.165) is 0 Å². The molecule has 0 aliphatic carbocycles. The van der Waals surface area contributed by atoms with Crippen LogP contribution in [0.2, 0.25) is 0 Å². The second kappa shape index (κ2) is 9.89. The predicted octanol–water partition coefficient (Wildman–Crippen LogP) is 4.13. The number of hydrogen-bond acceptors (Lipinski definition) is 5. The molecule has 2 aromatic rings.